The summed E-state index contributed by atoms with van der Waals surface area (Å²) < 4.78 is 12.4. The number of para-hydroxylation sites is 2. The number of rotatable bonds is 7. The number of hydrogen-bond donors (Lipinski definition) is 0. The van der Waals surface area contributed by atoms with E-state index in [0.29, 0.717) is 5.56 Å². The molecule has 0 amide bonds. The normalized spacial score (nSPS) is 12.0. The van der Waals surface area contributed by atoms with Gasteiger partial charge in [0.1, 0.15) is 11.6 Å². The summed E-state index contributed by atoms with van der Waals surface area (Å²) in [6.45, 7) is 0. The Morgan fingerprint density at radius 1 is 0.235 bits per heavy atom. The number of nitrogens with zero attached hydrogens (tertiary/aromatic N) is 4. The lowest BCUT2D eigenvalue weighted by molar-refractivity contribution is 1.09. The molecule has 0 aliphatic heterocycles. The standard InChI is InChI=1S/C79H46N4S2/c80-47-64-77(82-65-33-17-13-29-54(65)60-45-73-62(43-69(60)82)56-31-15-19-35-71(56)84-73)75(50-25-9-3-10-26-50)79(81-67-39-37-52(48-21-5-1-6-22-48)41-58(67)59-42-53(38-40-68(59)81)49-23-7-2-8-24-49)76(51-27-11-4-12-28-51)78(64)83-66-34-18-14-30-55(66)61-46-74-63(44-70(61)83)57-32-16-20-36-72(57)85-74/h1-46H. The number of nitriles is 1. The molecule has 18 rings (SSSR count). The van der Waals surface area contributed by atoms with Crippen LogP contribution in [0.4, 0.5) is 0 Å². The molecule has 13 aromatic carbocycles. The fourth-order valence-electron chi connectivity index (χ4n) is 14.0. The first-order chi connectivity index (χ1) is 42.1. The van der Waals surface area contributed by atoms with E-state index in [4.69, 9.17) is 0 Å². The van der Waals surface area contributed by atoms with Crippen molar-refractivity contribution >= 4 is 128 Å². The summed E-state index contributed by atoms with van der Waals surface area (Å²) in [5.41, 5.74) is 17.8. The zero-order chi connectivity index (χ0) is 55.9. The van der Waals surface area contributed by atoms with Gasteiger partial charge in [0.05, 0.1) is 50.2 Å². The topological polar surface area (TPSA) is 38.6 Å². The van der Waals surface area contributed by atoms with Gasteiger partial charge in [0.15, 0.2) is 0 Å². The molecule has 394 valence electrons. The lowest BCUT2D eigenvalue weighted by Crippen LogP contribution is -2.13. The third kappa shape index (κ3) is 7.06. The first-order valence-electron chi connectivity index (χ1n) is 28.8. The van der Waals surface area contributed by atoms with Gasteiger partial charge in [-0.1, -0.05) is 206 Å². The third-order valence-electron chi connectivity index (χ3n) is 17.6. The Hall–Kier alpha value is -10.8. The van der Waals surface area contributed by atoms with Crippen molar-refractivity contribution in [3.05, 3.63) is 285 Å². The molecule has 0 aliphatic rings. The smallest absolute Gasteiger partial charge is 0.104 e. The highest BCUT2D eigenvalue weighted by molar-refractivity contribution is 7.26. The van der Waals surface area contributed by atoms with Crippen molar-refractivity contribution < 1.29 is 0 Å². The second-order valence-electron chi connectivity index (χ2n) is 22.2. The minimum Gasteiger partial charge on any atom is -0.308 e. The number of fused-ring (bicyclic) bond motifs is 15. The van der Waals surface area contributed by atoms with E-state index in [-0.39, 0.29) is 0 Å². The summed E-state index contributed by atoms with van der Waals surface area (Å²) in [4.78, 5) is 0. The van der Waals surface area contributed by atoms with Gasteiger partial charge >= 0.3 is 0 Å². The summed E-state index contributed by atoms with van der Waals surface area (Å²) in [5.74, 6) is 0. The molecular formula is C79H46N4S2. The van der Waals surface area contributed by atoms with Gasteiger partial charge in [0.25, 0.3) is 0 Å². The lowest BCUT2D eigenvalue weighted by atomic mass is 9.88. The predicted molar refractivity (Wildman–Crippen MR) is 362 cm³/mol. The highest BCUT2D eigenvalue weighted by atomic mass is 32.1. The van der Waals surface area contributed by atoms with Gasteiger partial charge in [-0.2, -0.15) is 5.26 Å². The number of hydrogen-bond acceptors (Lipinski definition) is 3. The van der Waals surface area contributed by atoms with E-state index in [0.717, 1.165) is 127 Å². The Morgan fingerprint density at radius 2 is 0.576 bits per heavy atom. The zero-order valence-corrected chi connectivity index (χ0v) is 47.3. The van der Waals surface area contributed by atoms with Crippen molar-refractivity contribution in [1.82, 2.24) is 13.7 Å². The third-order valence-corrected chi connectivity index (χ3v) is 19.9. The maximum atomic E-state index is 13.0. The highest BCUT2D eigenvalue weighted by Crippen LogP contribution is 2.53. The molecule has 0 aliphatic carbocycles. The van der Waals surface area contributed by atoms with Crippen LogP contribution < -0.4 is 0 Å². The summed E-state index contributed by atoms with van der Waals surface area (Å²) in [6.07, 6.45) is 0. The second-order valence-corrected chi connectivity index (χ2v) is 24.3. The molecule has 4 nitrogen and oxygen atoms in total. The van der Waals surface area contributed by atoms with Crippen LogP contribution in [0.25, 0.3) is 167 Å². The molecule has 0 bridgehead atoms. The largest absolute Gasteiger partial charge is 0.308 e. The minimum atomic E-state index is 0.566. The minimum absolute atomic E-state index is 0.566. The molecule has 0 unspecified atom stereocenters. The molecular weight excluding hydrogens is 1070 g/mol. The van der Waals surface area contributed by atoms with Crippen molar-refractivity contribution in [1.29, 1.82) is 5.26 Å². The molecule has 0 fully saturated rings. The lowest BCUT2D eigenvalue weighted by Gasteiger charge is -2.28. The second kappa shape index (κ2) is 18.6. The summed E-state index contributed by atoms with van der Waals surface area (Å²) >= 11 is 3.67. The molecule has 5 aromatic heterocycles. The first-order valence-corrected chi connectivity index (χ1v) is 30.4. The zero-order valence-electron chi connectivity index (χ0n) is 45.7. The fraction of sp³-hybridized carbons (Fsp3) is 0. The van der Waals surface area contributed by atoms with Crippen LogP contribution in [0.1, 0.15) is 5.56 Å². The Labute approximate surface area is 496 Å². The Balaban J connectivity index is 1.12. The van der Waals surface area contributed by atoms with Crippen molar-refractivity contribution in [2.75, 3.05) is 0 Å². The van der Waals surface area contributed by atoms with Crippen molar-refractivity contribution in [3.63, 3.8) is 0 Å². The van der Waals surface area contributed by atoms with Gasteiger partial charge in [-0.05, 0) is 106 Å². The fourth-order valence-corrected chi connectivity index (χ4v) is 16.2. The number of aromatic nitrogens is 3. The van der Waals surface area contributed by atoms with Crippen LogP contribution in [0, 0.1) is 11.3 Å². The van der Waals surface area contributed by atoms with Gasteiger partial charge in [-0.25, -0.2) is 0 Å². The van der Waals surface area contributed by atoms with Gasteiger partial charge < -0.3 is 13.7 Å². The summed E-state index contributed by atoms with van der Waals surface area (Å²) in [5, 5.41) is 24.6. The molecule has 6 heteroatoms. The van der Waals surface area contributed by atoms with Crippen LogP contribution in [-0.2, 0) is 0 Å². The van der Waals surface area contributed by atoms with E-state index in [2.05, 4.69) is 299 Å². The molecule has 0 spiro atoms. The van der Waals surface area contributed by atoms with Gasteiger partial charge in [-0.3, -0.25) is 0 Å². The average Bonchev–Trinajstić information content (AvgIpc) is 1.85. The first kappa shape index (κ1) is 47.8. The maximum absolute atomic E-state index is 13.0. The van der Waals surface area contributed by atoms with Crippen LogP contribution in [0.2, 0.25) is 0 Å². The highest BCUT2D eigenvalue weighted by Gasteiger charge is 2.34. The van der Waals surface area contributed by atoms with Crippen LogP contribution >= 0.6 is 22.7 Å². The van der Waals surface area contributed by atoms with Crippen molar-refractivity contribution in [2.24, 2.45) is 0 Å². The summed E-state index contributed by atoms with van der Waals surface area (Å²) in [6, 6.07) is 105. The number of thiophene rings is 2. The maximum Gasteiger partial charge on any atom is 0.104 e. The number of benzene rings is 13. The SMILES string of the molecule is N#Cc1c(-n2c3ccccc3c3cc4sc5ccccc5c4cc32)c(-c2ccccc2)c(-n2c3ccc(-c4ccccc4)cc3c3cc(-c4ccccc4)ccc32)c(-c2ccccc2)c1-n1c2ccccc2c2cc3sc4ccccc4c3cc21. The monoisotopic (exact) mass is 1110 g/mol. The van der Waals surface area contributed by atoms with E-state index in [1.54, 1.807) is 0 Å². The molecule has 0 saturated heterocycles. The van der Waals surface area contributed by atoms with E-state index >= 15 is 0 Å². The molecule has 0 N–H and O–H groups in total. The van der Waals surface area contributed by atoms with Crippen LogP contribution in [0.15, 0.2) is 279 Å². The molecule has 5 heterocycles. The Kier molecular flexibility index (Phi) is 10.5. The van der Waals surface area contributed by atoms with Crippen LogP contribution in [0.3, 0.4) is 0 Å². The predicted octanol–water partition coefficient (Wildman–Crippen LogP) is 22.3. The van der Waals surface area contributed by atoms with Crippen molar-refractivity contribution in [2.45, 2.75) is 0 Å². The molecule has 0 saturated carbocycles. The summed E-state index contributed by atoms with van der Waals surface area (Å²) in [7, 11) is 0. The van der Waals surface area contributed by atoms with Crippen LogP contribution in [-0.4, -0.2) is 13.7 Å². The Bertz CT molecular complexity index is 5490. The molecule has 0 radical (unpaired) electrons. The molecule has 85 heavy (non-hydrogen) atoms. The van der Waals surface area contributed by atoms with Gasteiger partial charge in [0, 0.05) is 83.8 Å². The van der Waals surface area contributed by atoms with Crippen molar-refractivity contribution in [3.8, 4) is 67.6 Å². The average molecular weight is 1120 g/mol. The molecule has 0 atom stereocenters. The molecule has 18 aromatic rings. The van der Waals surface area contributed by atoms with E-state index < -0.39 is 0 Å². The van der Waals surface area contributed by atoms with Gasteiger partial charge in [-0.15, -0.1) is 22.7 Å². The van der Waals surface area contributed by atoms with E-state index in [9.17, 15) is 5.26 Å². The quantitative estimate of drug-likeness (QED) is 0.157. The van der Waals surface area contributed by atoms with Crippen LogP contribution in [0.5, 0.6) is 0 Å². The van der Waals surface area contributed by atoms with E-state index in [1.807, 2.05) is 22.7 Å². The Morgan fingerprint density at radius 3 is 1.00 bits per heavy atom. The van der Waals surface area contributed by atoms with Gasteiger partial charge in [0.2, 0.25) is 0 Å². The van der Waals surface area contributed by atoms with E-state index in [1.165, 1.54) is 40.3 Å².